The summed E-state index contributed by atoms with van der Waals surface area (Å²) < 4.78 is 0. The maximum Gasteiger partial charge on any atom is 0.255 e. The second kappa shape index (κ2) is 14.5. The Hall–Kier alpha value is -5.15. The summed E-state index contributed by atoms with van der Waals surface area (Å²) in [5.74, 6) is 0.247. The van der Waals surface area contributed by atoms with E-state index < -0.39 is 6.04 Å². The minimum Gasteiger partial charge on any atom is -0.508 e. The number of hydrogen-bond donors (Lipinski definition) is 2. The third kappa shape index (κ3) is 6.99. The summed E-state index contributed by atoms with van der Waals surface area (Å²) in [5, 5.41) is 12.6. The molecule has 4 heterocycles. The number of anilines is 2. The highest BCUT2D eigenvalue weighted by Crippen LogP contribution is 2.47. The van der Waals surface area contributed by atoms with Crippen LogP contribution in [-0.4, -0.2) is 84.5 Å². The smallest absolute Gasteiger partial charge is 0.255 e. The third-order valence-electron chi connectivity index (χ3n) is 13.3. The Morgan fingerprint density at radius 3 is 2.20 bits per heavy atom. The summed E-state index contributed by atoms with van der Waals surface area (Å²) in [7, 11) is 0. The molecule has 0 radical (unpaired) electrons. The first-order chi connectivity index (χ1) is 26.7. The summed E-state index contributed by atoms with van der Waals surface area (Å²) in [5.41, 5.74) is 9.64. The van der Waals surface area contributed by atoms with Crippen molar-refractivity contribution in [2.24, 2.45) is 5.41 Å². The molecule has 0 bridgehead atoms. The molecule has 55 heavy (non-hydrogen) atoms. The van der Waals surface area contributed by atoms with E-state index in [2.05, 4.69) is 93.7 Å². The number of fused-ring (bicyclic) bond motifs is 2. The first kappa shape index (κ1) is 35.5. The lowest BCUT2D eigenvalue weighted by molar-refractivity contribution is -0.136. The quantitative estimate of drug-likeness (QED) is 0.211. The summed E-state index contributed by atoms with van der Waals surface area (Å²) >= 11 is 0. The zero-order valence-corrected chi connectivity index (χ0v) is 31.8. The Balaban J connectivity index is 0.796. The van der Waals surface area contributed by atoms with Gasteiger partial charge in [-0.2, -0.15) is 0 Å². The lowest BCUT2D eigenvalue weighted by atomic mass is 9.69. The molecule has 9 rings (SSSR count). The Kier molecular flexibility index (Phi) is 9.37. The molecule has 4 aliphatic heterocycles. The van der Waals surface area contributed by atoms with Crippen LogP contribution in [-0.2, 0) is 22.6 Å². The van der Waals surface area contributed by atoms with Crippen LogP contribution < -0.4 is 15.1 Å². The van der Waals surface area contributed by atoms with Gasteiger partial charge in [-0.15, -0.1) is 0 Å². The highest BCUT2D eigenvalue weighted by atomic mass is 16.3. The fourth-order valence-corrected chi connectivity index (χ4v) is 10.1. The molecule has 3 saturated heterocycles. The number of nitrogens with one attached hydrogen (secondary N) is 1. The van der Waals surface area contributed by atoms with E-state index in [0.717, 1.165) is 82.7 Å². The molecule has 4 aromatic rings. The number of phenolic OH excluding ortho intramolecular Hbond substituents is 1. The molecule has 9 heteroatoms. The summed E-state index contributed by atoms with van der Waals surface area (Å²) in [6, 6.07) is 31.7. The van der Waals surface area contributed by atoms with Crippen LogP contribution in [0.4, 0.5) is 11.4 Å². The average Bonchev–Trinajstić information content (AvgIpc) is 3.53. The topological polar surface area (TPSA) is 96.4 Å². The van der Waals surface area contributed by atoms with E-state index in [1.54, 1.807) is 4.90 Å². The molecule has 5 aliphatic rings. The largest absolute Gasteiger partial charge is 0.508 e. The molecule has 3 fully saturated rings. The van der Waals surface area contributed by atoms with Gasteiger partial charge in [0.25, 0.3) is 5.91 Å². The second-order valence-electron chi connectivity index (χ2n) is 16.8. The van der Waals surface area contributed by atoms with Crippen LogP contribution in [0.2, 0.25) is 0 Å². The number of aromatic hydroxyl groups is 1. The number of piperidine rings is 2. The van der Waals surface area contributed by atoms with Crippen LogP contribution in [0.5, 0.6) is 5.75 Å². The molecule has 284 valence electrons. The minimum atomic E-state index is -0.589. The molecule has 0 saturated carbocycles. The van der Waals surface area contributed by atoms with Gasteiger partial charge < -0.3 is 19.8 Å². The minimum absolute atomic E-state index is 0.123. The van der Waals surface area contributed by atoms with E-state index in [-0.39, 0.29) is 35.5 Å². The van der Waals surface area contributed by atoms with Crippen LogP contribution in [0, 0.1) is 5.41 Å². The van der Waals surface area contributed by atoms with Crippen molar-refractivity contribution in [2.45, 2.75) is 69.9 Å². The second-order valence-corrected chi connectivity index (χ2v) is 16.8. The van der Waals surface area contributed by atoms with Gasteiger partial charge in [0.15, 0.2) is 0 Å². The zero-order valence-electron chi connectivity index (χ0n) is 31.8. The van der Waals surface area contributed by atoms with Crippen molar-refractivity contribution in [1.82, 2.24) is 15.1 Å². The Bertz CT molecular complexity index is 2090. The number of hydrogen-bond acceptors (Lipinski definition) is 7. The molecule has 4 aromatic carbocycles. The van der Waals surface area contributed by atoms with Crippen LogP contribution in [0.15, 0.2) is 91.0 Å². The van der Waals surface area contributed by atoms with Crippen molar-refractivity contribution in [3.63, 3.8) is 0 Å². The van der Waals surface area contributed by atoms with E-state index in [1.807, 2.05) is 24.3 Å². The lowest BCUT2D eigenvalue weighted by Gasteiger charge is -2.45. The molecule has 1 unspecified atom stereocenters. The molecule has 1 aliphatic carbocycles. The SMILES string of the molecule is CC1(CN2CCN(c3ccc4c(c3)CN(C3CCC(=O)NC3=O)C4=O)CC2)CCN(c2ccc([C@@H]3c4ccc(O)cc4CC[C@@H]3c3ccccc3)cc2)CC1. The molecule has 0 spiro atoms. The van der Waals surface area contributed by atoms with E-state index in [1.165, 1.54) is 27.9 Å². The number of carbonyl (C=O) groups is 3. The van der Waals surface area contributed by atoms with Crippen LogP contribution in [0.25, 0.3) is 0 Å². The van der Waals surface area contributed by atoms with Crippen molar-refractivity contribution in [3.8, 4) is 5.75 Å². The van der Waals surface area contributed by atoms with Gasteiger partial charge in [-0.1, -0.05) is 55.5 Å². The van der Waals surface area contributed by atoms with Gasteiger partial charge in [0, 0.05) is 81.6 Å². The van der Waals surface area contributed by atoms with Crippen molar-refractivity contribution in [1.29, 1.82) is 0 Å². The average molecular weight is 738 g/mol. The number of benzene rings is 4. The van der Waals surface area contributed by atoms with Crippen molar-refractivity contribution >= 4 is 29.1 Å². The number of imide groups is 1. The zero-order chi connectivity index (χ0) is 37.7. The van der Waals surface area contributed by atoms with Crippen LogP contribution in [0.3, 0.4) is 0 Å². The predicted molar refractivity (Wildman–Crippen MR) is 215 cm³/mol. The lowest BCUT2D eigenvalue weighted by Crippen LogP contribution is -2.52. The number of carbonyl (C=O) groups excluding carboxylic acids is 3. The number of amides is 3. The molecule has 0 aromatic heterocycles. The standard InChI is InChI=1S/C46H51N5O4/c1-46(30-48-23-25-50(26-24-48)36-12-15-40-34(27-36)29-51(45(40)55)41-17-18-42(53)47-44(41)54)19-21-49(22-20-46)35-10-7-32(8-11-35)43-38(31-5-3-2-4-6-31)14-9-33-28-37(52)13-16-39(33)43/h2-8,10-13,15-16,27-28,38,41,43,52H,9,14,17-26,29-30H2,1H3,(H,47,53,54)/t38-,41?,43+/m1/s1. The Labute approximate surface area is 323 Å². The van der Waals surface area contributed by atoms with Crippen LogP contribution >= 0.6 is 0 Å². The predicted octanol–water partition coefficient (Wildman–Crippen LogP) is 6.44. The normalized spacial score (nSPS) is 24.1. The molecular formula is C46H51N5O4. The van der Waals surface area contributed by atoms with Gasteiger partial charge in [0.1, 0.15) is 11.8 Å². The molecular weight excluding hydrogens is 687 g/mol. The first-order valence-corrected chi connectivity index (χ1v) is 20.2. The molecule has 9 nitrogen and oxygen atoms in total. The van der Waals surface area contributed by atoms with Gasteiger partial charge in [-0.3, -0.25) is 24.6 Å². The van der Waals surface area contributed by atoms with Gasteiger partial charge in [0.05, 0.1) is 0 Å². The van der Waals surface area contributed by atoms with E-state index in [9.17, 15) is 19.5 Å². The fourth-order valence-electron chi connectivity index (χ4n) is 10.1. The Morgan fingerprint density at radius 2 is 1.45 bits per heavy atom. The number of nitrogens with zero attached hydrogens (tertiary/aromatic N) is 4. The molecule has 2 N–H and O–H groups in total. The summed E-state index contributed by atoms with van der Waals surface area (Å²) in [4.78, 5) is 46.5. The van der Waals surface area contributed by atoms with Gasteiger partial charge >= 0.3 is 0 Å². The van der Waals surface area contributed by atoms with Crippen molar-refractivity contribution < 1.29 is 19.5 Å². The van der Waals surface area contributed by atoms with E-state index in [0.29, 0.717) is 30.2 Å². The number of aryl methyl sites for hydroxylation is 1. The van der Waals surface area contributed by atoms with Gasteiger partial charge in [-0.05, 0) is 114 Å². The van der Waals surface area contributed by atoms with Gasteiger partial charge in [0.2, 0.25) is 11.8 Å². The fraction of sp³-hybridized carbons (Fsp3) is 0.413. The third-order valence-corrected chi connectivity index (χ3v) is 13.3. The van der Waals surface area contributed by atoms with Crippen LogP contribution in [0.1, 0.15) is 89.0 Å². The molecule has 3 amide bonds. The summed E-state index contributed by atoms with van der Waals surface area (Å²) in [6.07, 6.45) is 5.00. The molecule has 3 atom stereocenters. The maximum atomic E-state index is 13.2. The monoisotopic (exact) mass is 737 g/mol. The highest BCUT2D eigenvalue weighted by molar-refractivity contribution is 6.05. The highest BCUT2D eigenvalue weighted by Gasteiger charge is 2.40. The number of rotatable bonds is 7. The number of piperazine rings is 1. The van der Waals surface area contributed by atoms with Gasteiger partial charge in [-0.25, -0.2) is 0 Å². The van der Waals surface area contributed by atoms with E-state index in [4.69, 9.17) is 0 Å². The first-order valence-electron chi connectivity index (χ1n) is 20.2. The number of phenols is 1. The Morgan fingerprint density at radius 1 is 0.727 bits per heavy atom. The van der Waals surface area contributed by atoms with E-state index >= 15 is 0 Å². The van der Waals surface area contributed by atoms with Crippen molar-refractivity contribution in [3.05, 3.63) is 124 Å². The van der Waals surface area contributed by atoms with Crippen molar-refractivity contribution in [2.75, 3.05) is 55.6 Å². The maximum absolute atomic E-state index is 13.2. The summed E-state index contributed by atoms with van der Waals surface area (Å²) in [6.45, 7) is 9.98.